The lowest BCUT2D eigenvalue weighted by Crippen LogP contribution is -2.46. The third kappa shape index (κ3) is 4.82. The first-order chi connectivity index (χ1) is 9.36. The first kappa shape index (κ1) is 16.5. The van der Waals surface area contributed by atoms with Crippen molar-refractivity contribution in [2.24, 2.45) is 5.73 Å². The molecule has 0 aliphatic rings. The molecule has 7 heteroatoms. The Morgan fingerprint density at radius 1 is 1.45 bits per heavy atom. The van der Waals surface area contributed by atoms with E-state index in [9.17, 15) is 14.9 Å². The number of non-ortho nitro benzene ring substituents is 1. The molecule has 0 saturated heterocycles. The molecule has 0 fully saturated rings. The fraction of sp³-hybridized carbons (Fsp3) is 0.462. The predicted molar refractivity (Wildman–Crippen MR) is 77.7 cm³/mol. The highest BCUT2D eigenvalue weighted by atomic mass is 32.2. The second kappa shape index (κ2) is 7.25. The van der Waals surface area contributed by atoms with Crippen molar-refractivity contribution < 1.29 is 14.5 Å². The first-order valence-corrected chi connectivity index (χ1v) is 7.18. The number of hydrogen-bond acceptors (Lipinski definition) is 6. The van der Waals surface area contributed by atoms with Crippen molar-refractivity contribution in [3.8, 4) is 0 Å². The number of carbonyl (C=O) groups excluding carboxylic acids is 1. The maximum absolute atomic E-state index is 11.6. The highest BCUT2D eigenvalue weighted by Crippen LogP contribution is 2.24. The molecular formula is C13H18N2O4S. The monoisotopic (exact) mass is 298 g/mol. The van der Waals surface area contributed by atoms with Gasteiger partial charge in [0.05, 0.1) is 11.5 Å². The Labute approximate surface area is 121 Å². The van der Waals surface area contributed by atoms with Crippen molar-refractivity contribution in [3.05, 3.63) is 34.4 Å². The number of rotatable bonds is 7. The zero-order valence-electron chi connectivity index (χ0n) is 11.5. The molecule has 6 nitrogen and oxygen atoms in total. The van der Waals surface area contributed by atoms with Crippen LogP contribution in [0.2, 0.25) is 0 Å². The van der Waals surface area contributed by atoms with Crippen LogP contribution in [0.15, 0.2) is 29.2 Å². The Bertz CT molecular complexity index is 474. The zero-order chi connectivity index (χ0) is 15.2. The van der Waals surface area contributed by atoms with Crippen LogP contribution in [-0.2, 0) is 9.53 Å². The lowest BCUT2D eigenvalue weighted by Gasteiger charge is -2.21. The van der Waals surface area contributed by atoms with E-state index in [1.54, 1.807) is 26.0 Å². The Hall–Kier alpha value is -1.60. The van der Waals surface area contributed by atoms with E-state index >= 15 is 0 Å². The lowest BCUT2D eigenvalue weighted by atomic mass is 10.0. The molecule has 0 spiro atoms. The minimum Gasteiger partial charge on any atom is -0.465 e. The SMILES string of the molecule is CCOC(=O)C(C)(N)CCSc1ccc([N+](=O)[O-])cc1. The summed E-state index contributed by atoms with van der Waals surface area (Å²) in [6, 6.07) is 6.27. The van der Waals surface area contributed by atoms with Gasteiger partial charge in [0.2, 0.25) is 0 Å². The number of hydrogen-bond donors (Lipinski definition) is 1. The van der Waals surface area contributed by atoms with E-state index in [2.05, 4.69) is 0 Å². The maximum Gasteiger partial charge on any atom is 0.325 e. The van der Waals surface area contributed by atoms with Gasteiger partial charge in [-0.2, -0.15) is 0 Å². The molecule has 1 aromatic rings. The Kier molecular flexibility index (Phi) is 5.97. The fourth-order valence-corrected chi connectivity index (χ4v) is 2.53. The highest BCUT2D eigenvalue weighted by molar-refractivity contribution is 7.99. The van der Waals surface area contributed by atoms with Crippen LogP contribution in [0.4, 0.5) is 5.69 Å². The van der Waals surface area contributed by atoms with E-state index in [0.717, 1.165) is 4.90 Å². The van der Waals surface area contributed by atoms with Gasteiger partial charge in [-0.25, -0.2) is 0 Å². The van der Waals surface area contributed by atoms with Crippen LogP contribution in [0.5, 0.6) is 0 Å². The summed E-state index contributed by atoms with van der Waals surface area (Å²) in [5, 5.41) is 10.5. The van der Waals surface area contributed by atoms with Crippen LogP contribution in [0.3, 0.4) is 0 Å². The molecule has 1 atom stereocenters. The largest absolute Gasteiger partial charge is 0.465 e. The standard InChI is InChI=1S/C13H18N2O4S/c1-3-19-12(16)13(2,14)8-9-20-11-6-4-10(5-7-11)15(17)18/h4-7H,3,8-9,14H2,1-2H3. The Balaban J connectivity index is 2.47. The third-order valence-corrected chi connectivity index (χ3v) is 3.69. The lowest BCUT2D eigenvalue weighted by molar-refractivity contribution is -0.384. The summed E-state index contributed by atoms with van der Waals surface area (Å²) >= 11 is 1.49. The second-order valence-electron chi connectivity index (χ2n) is 4.49. The van der Waals surface area contributed by atoms with Crippen LogP contribution >= 0.6 is 11.8 Å². The average molecular weight is 298 g/mol. The molecule has 0 heterocycles. The Morgan fingerprint density at radius 3 is 2.55 bits per heavy atom. The topological polar surface area (TPSA) is 95.5 Å². The van der Waals surface area contributed by atoms with Gasteiger partial charge < -0.3 is 10.5 Å². The minimum atomic E-state index is -1.01. The summed E-state index contributed by atoms with van der Waals surface area (Å²) in [4.78, 5) is 22.6. The molecule has 0 amide bonds. The minimum absolute atomic E-state index is 0.0598. The van der Waals surface area contributed by atoms with Crippen molar-refractivity contribution in [2.45, 2.75) is 30.7 Å². The van der Waals surface area contributed by atoms with Gasteiger partial charge in [0.15, 0.2) is 0 Å². The van der Waals surface area contributed by atoms with Crippen LogP contribution in [0.25, 0.3) is 0 Å². The number of nitro groups is 1. The van der Waals surface area contributed by atoms with E-state index in [1.807, 2.05) is 0 Å². The maximum atomic E-state index is 11.6. The van der Waals surface area contributed by atoms with E-state index in [4.69, 9.17) is 10.5 Å². The number of esters is 1. The van der Waals surface area contributed by atoms with E-state index in [0.29, 0.717) is 18.8 Å². The summed E-state index contributed by atoms with van der Waals surface area (Å²) < 4.78 is 4.90. The second-order valence-corrected chi connectivity index (χ2v) is 5.66. The number of nitrogens with two attached hydrogens (primary N) is 1. The summed E-state index contributed by atoms with van der Waals surface area (Å²) in [5.74, 6) is 0.216. The van der Waals surface area contributed by atoms with E-state index < -0.39 is 16.4 Å². The summed E-state index contributed by atoms with van der Waals surface area (Å²) in [5.41, 5.74) is 4.95. The summed E-state index contributed by atoms with van der Waals surface area (Å²) in [6.07, 6.45) is 0.466. The van der Waals surface area contributed by atoms with Crippen LogP contribution in [-0.4, -0.2) is 28.8 Å². The molecule has 110 valence electrons. The van der Waals surface area contributed by atoms with Gasteiger partial charge in [0, 0.05) is 22.8 Å². The molecule has 2 N–H and O–H groups in total. The number of thioether (sulfide) groups is 1. The molecule has 20 heavy (non-hydrogen) atoms. The van der Waals surface area contributed by atoms with Gasteiger partial charge in [-0.15, -0.1) is 11.8 Å². The van der Waals surface area contributed by atoms with Crippen LogP contribution < -0.4 is 5.73 Å². The Morgan fingerprint density at radius 2 is 2.05 bits per heavy atom. The van der Waals surface area contributed by atoms with Crippen LogP contribution in [0, 0.1) is 10.1 Å². The van der Waals surface area contributed by atoms with Crippen molar-refractivity contribution >= 4 is 23.4 Å². The smallest absolute Gasteiger partial charge is 0.325 e. The predicted octanol–water partition coefficient (Wildman–Crippen LogP) is 2.36. The number of nitrogens with zero attached hydrogens (tertiary/aromatic N) is 1. The van der Waals surface area contributed by atoms with Crippen LogP contribution in [0.1, 0.15) is 20.3 Å². The molecule has 0 saturated carbocycles. The molecule has 0 aliphatic carbocycles. The normalized spacial score (nSPS) is 13.6. The van der Waals surface area contributed by atoms with Crippen molar-refractivity contribution in [2.75, 3.05) is 12.4 Å². The zero-order valence-corrected chi connectivity index (χ0v) is 12.3. The van der Waals surface area contributed by atoms with Gasteiger partial charge in [-0.1, -0.05) is 0 Å². The molecule has 0 aromatic heterocycles. The molecule has 1 aromatic carbocycles. The van der Waals surface area contributed by atoms with E-state index in [1.165, 1.54) is 23.9 Å². The van der Waals surface area contributed by atoms with E-state index in [-0.39, 0.29) is 5.69 Å². The highest BCUT2D eigenvalue weighted by Gasteiger charge is 2.29. The molecule has 0 bridgehead atoms. The molecule has 0 aliphatic heterocycles. The number of carbonyl (C=O) groups is 1. The molecule has 1 rings (SSSR count). The average Bonchev–Trinajstić information content (AvgIpc) is 2.39. The third-order valence-electron chi connectivity index (χ3n) is 2.68. The quantitative estimate of drug-likeness (QED) is 0.359. The summed E-state index contributed by atoms with van der Waals surface area (Å²) in [7, 11) is 0. The van der Waals surface area contributed by atoms with Gasteiger partial charge in [-0.3, -0.25) is 14.9 Å². The van der Waals surface area contributed by atoms with Crippen molar-refractivity contribution in [1.82, 2.24) is 0 Å². The molecular weight excluding hydrogens is 280 g/mol. The van der Waals surface area contributed by atoms with Gasteiger partial charge >= 0.3 is 5.97 Å². The first-order valence-electron chi connectivity index (χ1n) is 6.20. The summed E-state index contributed by atoms with van der Waals surface area (Å²) in [6.45, 7) is 3.68. The molecule has 1 unspecified atom stereocenters. The number of ether oxygens (including phenoxy) is 1. The number of benzene rings is 1. The van der Waals surface area contributed by atoms with Gasteiger partial charge in [0.1, 0.15) is 5.54 Å². The van der Waals surface area contributed by atoms with Gasteiger partial charge in [-0.05, 0) is 32.4 Å². The number of nitro benzene ring substituents is 1. The van der Waals surface area contributed by atoms with Crippen molar-refractivity contribution in [1.29, 1.82) is 0 Å². The molecule has 0 radical (unpaired) electrons. The van der Waals surface area contributed by atoms with Gasteiger partial charge in [0.25, 0.3) is 5.69 Å². The van der Waals surface area contributed by atoms with Crippen molar-refractivity contribution in [3.63, 3.8) is 0 Å². The fourth-order valence-electron chi connectivity index (χ4n) is 1.44.